The van der Waals surface area contributed by atoms with E-state index in [4.69, 9.17) is 9.15 Å². The molecule has 1 amide bonds. The first-order chi connectivity index (χ1) is 10.7. The molecule has 3 rings (SSSR count). The molecule has 1 fully saturated rings. The average molecular weight is 305 g/mol. The van der Waals surface area contributed by atoms with Crippen molar-refractivity contribution in [2.45, 2.75) is 25.9 Å². The molecule has 6 nitrogen and oxygen atoms in total. The Morgan fingerprint density at radius 1 is 1.55 bits per heavy atom. The highest BCUT2D eigenvalue weighted by Crippen LogP contribution is 2.22. The Morgan fingerprint density at radius 3 is 3.14 bits per heavy atom. The molecule has 0 saturated carbocycles. The summed E-state index contributed by atoms with van der Waals surface area (Å²) in [6.07, 6.45) is 4.99. The van der Waals surface area contributed by atoms with Crippen LogP contribution in [0.2, 0.25) is 0 Å². The van der Waals surface area contributed by atoms with E-state index in [-0.39, 0.29) is 17.9 Å². The van der Waals surface area contributed by atoms with Crippen molar-refractivity contribution in [2.75, 3.05) is 13.1 Å². The minimum atomic E-state index is -0.524. The first kappa shape index (κ1) is 14.5. The highest BCUT2D eigenvalue weighted by Gasteiger charge is 2.29. The van der Waals surface area contributed by atoms with Crippen LogP contribution in [0.5, 0.6) is 5.88 Å². The quantitative estimate of drug-likeness (QED) is 0.865. The summed E-state index contributed by atoms with van der Waals surface area (Å²) in [5, 5.41) is 0. The zero-order valence-electron chi connectivity index (χ0n) is 12.2. The first-order valence-electron chi connectivity index (χ1n) is 7.16. The Bertz CT molecular complexity index is 660. The van der Waals surface area contributed by atoms with Gasteiger partial charge in [0.2, 0.25) is 5.82 Å². The maximum Gasteiger partial charge on any atom is 0.257 e. The third-order valence-electron chi connectivity index (χ3n) is 3.64. The lowest BCUT2D eigenvalue weighted by atomic mass is 10.3. The second-order valence-electron chi connectivity index (χ2n) is 5.08. The highest BCUT2D eigenvalue weighted by atomic mass is 19.1. The Balaban J connectivity index is 1.65. The van der Waals surface area contributed by atoms with E-state index in [0.29, 0.717) is 37.2 Å². The standard InChI is InChI=1S/C15H16FN3O3/c1-2-12-13(16)14(18-9-17-12)22-11-3-5-19(7-11)15(20)10-4-6-21-8-10/h4,6,8-9,11H,2-3,5,7H2,1H3/t11-/m0/s1. The van der Waals surface area contributed by atoms with Crippen LogP contribution < -0.4 is 4.74 Å². The minimum Gasteiger partial charge on any atom is -0.472 e. The predicted molar refractivity (Wildman–Crippen MR) is 75.0 cm³/mol. The molecule has 1 aliphatic rings. The van der Waals surface area contributed by atoms with Gasteiger partial charge >= 0.3 is 0 Å². The summed E-state index contributed by atoms with van der Waals surface area (Å²) in [5.41, 5.74) is 0.830. The van der Waals surface area contributed by atoms with Gasteiger partial charge in [0.15, 0.2) is 0 Å². The normalized spacial score (nSPS) is 17.7. The Hall–Kier alpha value is -2.44. The summed E-state index contributed by atoms with van der Waals surface area (Å²) in [4.78, 5) is 21.6. The van der Waals surface area contributed by atoms with Gasteiger partial charge in [0, 0.05) is 13.0 Å². The molecule has 1 saturated heterocycles. The fraction of sp³-hybridized carbons (Fsp3) is 0.400. The van der Waals surface area contributed by atoms with Crippen molar-refractivity contribution in [2.24, 2.45) is 0 Å². The third kappa shape index (κ3) is 2.79. The summed E-state index contributed by atoms with van der Waals surface area (Å²) in [7, 11) is 0. The number of halogens is 1. The van der Waals surface area contributed by atoms with E-state index < -0.39 is 5.82 Å². The van der Waals surface area contributed by atoms with Crippen molar-refractivity contribution in [1.82, 2.24) is 14.9 Å². The summed E-state index contributed by atoms with van der Waals surface area (Å²) in [6, 6.07) is 1.62. The number of hydrogen-bond acceptors (Lipinski definition) is 5. The van der Waals surface area contributed by atoms with Crippen LogP contribution >= 0.6 is 0 Å². The van der Waals surface area contributed by atoms with Gasteiger partial charge in [0.05, 0.1) is 24.1 Å². The molecule has 7 heteroatoms. The van der Waals surface area contributed by atoms with Crippen molar-refractivity contribution >= 4 is 5.91 Å². The average Bonchev–Trinajstić information content (AvgIpc) is 3.20. The van der Waals surface area contributed by atoms with Crippen molar-refractivity contribution in [1.29, 1.82) is 0 Å². The zero-order chi connectivity index (χ0) is 15.5. The number of likely N-dealkylation sites (tertiary alicyclic amines) is 1. The van der Waals surface area contributed by atoms with Crippen LogP contribution in [-0.2, 0) is 6.42 Å². The molecule has 0 aromatic carbocycles. The molecule has 22 heavy (non-hydrogen) atoms. The van der Waals surface area contributed by atoms with Crippen LogP contribution in [0.4, 0.5) is 4.39 Å². The number of aryl methyl sites for hydroxylation is 1. The fourth-order valence-electron chi connectivity index (χ4n) is 2.45. The van der Waals surface area contributed by atoms with E-state index in [9.17, 15) is 9.18 Å². The van der Waals surface area contributed by atoms with Gasteiger partial charge in [0.1, 0.15) is 18.7 Å². The summed E-state index contributed by atoms with van der Waals surface area (Å²) >= 11 is 0. The minimum absolute atomic E-state index is 0.0468. The number of hydrogen-bond donors (Lipinski definition) is 0. The van der Waals surface area contributed by atoms with Crippen LogP contribution in [0.25, 0.3) is 0 Å². The number of nitrogens with zero attached hydrogens (tertiary/aromatic N) is 3. The third-order valence-corrected chi connectivity index (χ3v) is 3.64. The number of rotatable bonds is 4. The van der Waals surface area contributed by atoms with Crippen molar-refractivity contribution < 1.29 is 18.3 Å². The summed E-state index contributed by atoms with van der Waals surface area (Å²) in [5.74, 6) is -0.684. The molecule has 116 valence electrons. The van der Waals surface area contributed by atoms with Crippen LogP contribution in [0.1, 0.15) is 29.4 Å². The van der Waals surface area contributed by atoms with Crippen LogP contribution in [-0.4, -0.2) is 40.0 Å². The molecule has 2 aromatic heterocycles. The van der Waals surface area contributed by atoms with Gasteiger partial charge in [-0.1, -0.05) is 6.92 Å². The molecule has 2 aromatic rings. The molecular formula is C15H16FN3O3. The number of carbonyl (C=O) groups is 1. The maximum absolute atomic E-state index is 14.1. The highest BCUT2D eigenvalue weighted by molar-refractivity contribution is 5.94. The van der Waals surface area contributed by atoms with Crippen LogP contribution in [0.15, 0.2) is 29.3 Å². The Kier molecular flexibility index (Phi) is 4.04. The molecule has 0 radical (unpaired) electrons. The van der Waals surface area contributed by atoms with Gasteiger partial charge in [-0.05, 0) is 12.5 Å². The molecule has 3 heterocycles. The lowest BCUT2D eigenvalue weighted by Gasteiger charge is -2.16. The molecule has 0 N–H and O–H groups in total. The van der Waals surface area contributed by atoms with Gasteiger partial charge in [-0.2, -0.15) is 9.37 Å². The van der Waals surface area contributed by atoms with E-state index in [0.717, 1.165) is 0 Å². The number of aromatic nitrogens is 2. The molecule has 0 bridgehead atoms. The zero-order valence-corrected chi connectivity index (χ0v) is 12.2. The molecule has 0 unspecified atom stereocenters. The number of amides is 1. The van der Waals surface area contributed by atoms with Crippen molar-refractivity contribution in [3.63, 3.8) is 0 Å². The second-order valence-corrected chi connectivity index (χ2v) is 5.08. The molecular weight excluding hydrogens is 289 g/mol. The molecule has 0 spiro atoms. The fourth-order valence-corrected chi connectivity index (χ4v) is 2.45. The maximum atomic E-state index is 14.1. The van der Waals surface area contributed by atoms with Gasteiger partial charge in [-0.3, -0.25) is 4.79 Å². The SMILES string of the molecule is CCc1ncnc(O[C@H]2CCN(C(=O)c3ccoc3)C2)c1F. The van der Waals surface area contributed by atoms with Gasteiger partial charge < -0.3 is 14.1 Å². The number of ether oxygens (including phenoxy) is 1. The van der Waals surface area contributed by atoms with Crippen LogP contribution in [0, 0.1) is 5.82 Å². The molecule has 1 atom stereocenters. The van der Waals surface area contributed by atoms with E-state index in [2.05, 4.69) is 9.97 Å². The molecule has 1 aliphatic heterocycles. The van der Waals surface area contributed by atoms with E-state index in [1.807, 2.05) is 6.92 Å². The Morgan fingerprint density at radius 2 is 2.41 bits per heavy atom. The lowest BCUT2D eigenvalue weighted by molar-refractivity contribution is 0.0769. The lowest BCUT2D eigenvalue weighted by Crippen LogP contribution is -2.30. The van der Waals surface area contributed by atoms with Crippen molar-refractivity contribution in [3.05, 3.63) is 42.0 Å². The van der Waals surface area contributed by atoms with E-state index in [1.165, 1.54) is 18.9 Å². The smallest absolute Gasteiger partial charge is 0.257 e. The number of furan rings is 1. The molecule has 0 aliphatic carbocycles. The van der Waals surface area contributed by atoms with E-state index >= 15 is 0 Å². The van der Waals surface area contributed by atoms with Crippen LogP contribution in [0.3, 0.4) is 0 Å². The summed E-state index contributed by atoms with van der Waals surface area (Å²) < 4.78 is 24.6. The van der Waals surface area contributed by atoms with Gasteiger partial charge in [-0.15, -0.1) is 0 Å². The predicted octanol–water partition coefficient (Wildman–Crippen LogP) is 2.06. The van der Waals surface area contributed by atoms with Crippen molar-refractivity contribution in [3.8, 4) is 5.88 Å². The van der Waals surface area contributed by atoms with E-state index in [1.54, 1.807) is 11.0 Å². The largest absolute Gasteiger partial charge is 0.472 e. The van der Waals surface area contributed by atoms with Gasteiger partial charge in [-0.25, -0.2) is 4.98 Å². The van der Waals surface area contributed by atoms with Gasteiger partial charge in [0.25, 0.3) is 11.8 Å². The first-order valence-corrected chi connectivity index (χ1v) is 7.16. The number of carbonyl (C=O) groups excluding carboxylic acids is 1. The second kappa shape index (κ2) is 6.13. The summed E-state index contributed by atoms with van der Waals surface area (Å²) in [6.45, 7) is 2.77. The Labute approximate surface area is 126 Å². The topological polar surface area (TPSA) is 68.5 Å². The monoisotopic (exact) mass is 305 g/mol.